The Morgan fingerprint density at radius 3 is 2.42 bits per heavy atom. The van der Waals surface area contributed by atoms with Gasteiger partial charge in [-0.15, -0.1) is 0 Å². The summed E-state index contributed by atoms with van der Waals surface area (Å²) in [5.74, 6) is -0.125. The third-order valence-electron chi connectivity index (χ3n) is 1.47. The second-order valence-corrected chi connectivity index (χ2v) is 3.47. The Morgan fingerprint density at radius 1 is 1.58 bits per heavy atom. The Kier molecular flexibility index (Phi) is 3.96. The zero-order chi connectivity index (χ0) is 9.78. The molecule has 12 heavy (non-hydrogen) atoms. The fourth-order valence-corrected chi connectivity index (χ4v) is 0.567. The molecule has 0 fully saturated rings. The lowest BCUT2D eigenvalue weighted by molar-refractivity contribution is -0.118. The van der Waals surface area contributed by atoms with Crippen molar-refractivity contribution in [1.82, 2.24) is 5.32 Å². The number of carbonyl (C=O) groups is 1. The highest BCUT2D eigenvalue weighted by Gasteiger charge is 2.13. The van der Waals surface area contributed by atoms with Crippen molar-refractivity contribution < 1.29 is 9.90 Å². The molecule has 3 nitrogen and oxygen atoms in total. The summed E-state index contributed by atoms with van der Waals surface area (Å²) in [5, 5.41) is 11.9. The Bertz CT molecular complexity index is 189. The van der Waals surface area contributed by atoms with Gasteiger partial charge in [-0.25, -0.2) is 0 Å². The molecule has 1 amide bonds. The van der Waals surface area contributed by atoms with E-state index in [1.165, 1.54) is 0 Å². The minimum absolute atomic E-state index is 0.125. The van der Waals surface area contributed by atoms with E-state index >= 15 is 0 Å². The number of hydrogen-bond acceptors (Lipinski definition) is 2. The molecule has 0 aromatic heterocycles. The average molecular weight is 171 g/mol. The number of rotatable bonds is 3. The molecule has 3 heteroatoms. The highest BCUT2D eigenvalue weighted by atomic mass is 16.3. The topological polar surface area (TPSA) is 49.3 Å². The van der Waals surface area contributed by atoms with Crippen LogP contribution in [0.5, 0.6) is 0 Å². The Labute approximate surface area is 73.5 Å². The van der Waals surface area contributed by atoms with Crippen LogP contribution in [0.4, 0.5) is 0 Å². The van der Waals surface area contributed by atoms with Crippen LogP contribution in [0, 0.1) is 0 Å². The zero-order valence-corrected chi connectivity index (χ0v) is 8.14. The highest BCUT2D eigenvalue weighted by Crippen LogP contribution is 1.98. The molecular formula is C9H17NO2. The predicted molar refractivity (Wildman–Crippen MR) is 48.7 cm³/mol. The molecule has 0 heterocycles. The van der Waals surface area contributed by atoms with Gasteiger partial charge in [0.05, 0.1) is 5.60 Å². The van der Waals surface area contributed by atoms with E-state index in [0.29, 0.717) is 5.57 Å². The Balaban J connectivity index is 3.89. The molecule has 70 valence electrons. The fraction of sp³-hybridized carbons (Fsp3) is 0.667. The molecule has 0 aliphatic carbocycles. The van der Waals surface area contributed by atoms with Gasteiger partial charge >= 0.3 is 0 Å². The van der Waals surface area contributed by atoms with E-state index in [9.17, 15) is 9.90 Å². The van der Waals surface area contributed by atoms with E-state index in [4.69, 9.17) is 0 Å². The molecule has 0 saturated carbocycles. The van der Waals surface area contributed by atoms with E-state index in [0.717, 1.165) is 0 Å². The van der Waals surface area contributed by atoms with E-state index in [2.05, 4.69) is 5.32 Å². The van der Waals surface area contributed by atoms with Crippen LogP contribution in [-0.4, -0.2) is 23.2 Å². The number of aliphatic hydroxyl groups is 1. The standard InChI is InChI=1S/C9H17NO2/c1-5-7(2)8(11)10-6-9(3,4)12/h5,12H,6H2,1-4H3,(H,10,11)/b7-5-. The molecule has 0 saturated heterocycles. The lowest BCUT2D eigenvalue weighted by Gasteiger charge is -2.17. The van der Waals surface area contributed by atoms with Crippen LogP contribution in [-0.2, 0) is 4.79 Å². The van der Waals surface area contributed by atoms with Crippen molar-refractivity contribution in [2.45, 2.75) is 33.3 Å². The maximum Gasteiger partial charge on any atom is 0.246 e. The van der Waals surface area contributed by atoms with Gasteiger partial charge in [0, 0.05) is 12.1 Å². The SMILES string of the molecule is C/C=C(/C)C(=O)NCC(C)(C)O. The third-order valence-corrected chi connectivity index (χ3v) is 1.47. The quantitative estimate of drug-likeness (QED) is 0.618. The second kappa shape index (κ2) is 4.26. The van der Waals surface area contributed by atoms with E-state index in [-0.39, 0.29) is 12.5 Å². The van der Waals surface area contributed by atoms with Crippen LogP contribution < -0.4 is 5.32 Å². The first kappa shape index (κ1) is 11.2. The maximum atomic E-state index is 11.1. The van der Waals surface area contributed by atoms with Gasteiger partial charge in [-0.2, -0.15) is 0 Å². The van der Waals surface area contributed by atoms with Crippen molar-refractivity contribution in [2.24, 2.45) is 0 Å². The van der Waals surface area contributed by atoms with Crippen LogP contribution >= 0.6 is 0 Å². The van der Waals surface area contributed by atoms with Gasteiger partial charge < -0.3 is 10.4 Å². The summed E-state index contributed by atoms with van der Waals surface area (Å²) < 4.78 is 0. The lowest BCUT2D eigenvalue weighted by Crippen LogP contribution is -2.38. The average Bonchev–Trinajstić information content (AvgIpc) is 1.97. The van der Waals surface area contributed by atoms with Crippen LogP contribution in [0.1, 0.15) is 27.7 Å². The predicted octanol–water partition coefficient (Wildman–Crippen LogP) is 0.840. The normalized spacial score (nSPS) is 12.9. The van der Waals surface area contributed by atoms with Gasteiger partial charge in [0.25, 0.3) is 0 Å². The molecule has 0 unspecified atom stereocenters. The molecule has 2 N–H and O–H groups in total. The summed E-state index contributed by atoms with van der Waals surface area (Å²) in [6, 6.07) is 0. The summed E-state index contributed by atoms with van der Waals surface area (Å²) in [6.45, 7) is 7.12. The lowest BCUT2D eigenvalue weighted by atomic mass is 10.1. The monoisotopic (exact) mass is 171 g/mol. The van der Waals surface area contributed by atoms with Crippen molar-refractivity contribution >= 4 is 5.91 Å². The zero-order valence-electron chi connectivity index (χ0n) is 8.14. The van der Waals surface area contributed by atoms with Gasteiger partial charge in [0.15, 0.2) is 0 Å². The largest absolute Gasteiger partial charge is 0.389 e. The summed E-state index contributed by atoms with van der Waals surface area (Å²) in [7, 11) is 0. The van der Waals surface area contributed by atoms with E-state index < -0.39 is 5.60 Å². The molecule has 0 rings (SSSR count). The van der Waals surface area contributed by atoms with Crippen molar-refractivity contribution in [1.29, 1.82) is 0 Å². The maximum absolute atomic E-state index is 11.1. The molecule has 0 aliphatic rings. The van der Waals surface area contributed by atoms with Crippen LogP contribution in [0.25, 0.3) is 0 Å². The number of amides is 1. The minimum atomic E-state index is -0.844. The van der Waals surface area contributed by atoms with Crippen molar-refractivity contribution in [3.63, 3.8) is 0 Å². The molecule has 0 bridgehead atoms. The van der Waals surface area contributed by atoms with Crippen molar-refractivity contribution in [3.8, 4) is 0 Å². The third kappa shape index (κ3) is 4.91. The molecule has 0 aliphatic heterocycles. The second-order valence-electron chi connectivity index (χ2n) is 3.47. The van der Waals surface area contributed by atoms with E-state index in [1.54, 1.807) is 33.8 Å². The van der Waals surface area contributed by atoms with Crippen molar-refractivity contribution in [3.05, 3.63) is 11.6 Å². The molecule has 0 atom stereocenters. The summed E-state index contributed by atoms with van der Waals surface area (Å²) in [6.07, 6.45) is 1.74. The van der Waals surface area contributed by atoms with Crippen LogP contribution in [0.15, 0.2) is 11.6 Å². The first-order valence-corrected chi connectivity index (χ1v) is 4.00. The van der Waals surface area contributed by atoms with Gasteiger partial charge in [-0.1, -0.05) is 6.08 Å². The highest BCUT2D eigenvalue weighted by molar-refractivity contribution is 5.92. The minimum Gasteiger partial charge on any atom is -0.389 e. The summed E-state index contributed by atoms with van der Waals surface area (Å²) in [5.41, 5.74) is -0.178. The van der Waals surface area contributed by atoms with Gasteiger partial charge in [0.2, 0.25) is 5.91 Å². The molecular weight excluding hydrogens is 154 g/mol. The Morgan fingerprint density at radius 2 is 2.08 bits per heavy atom. The number of hydrogen-bond donors (Lipinski definition) is 2. The number of allylic oxidation sites excluding steroid dienone is 1. The van der Waals surface area contributed by atoms with Gasteiger partial charge in [-0.3, -0.25) is 4.79 Å². The van der Waals surface area contributed by atoms with Crippen molar-refractivity contribution in [2.75, 3.05) is 6.54 Å². The molecule has 0 spiro atoms. The number of nitrogens with one attached hydrogen (secondary N) is 1. The fourth-order valence-electron chi connectivity index (χ4n) is 0.567. The first-order valence-electron chi connectivity index (χ1n) is 4.00. The summed E-state index contributed by atoms with van der Waals surface area (Å²) in [4.78, 5) is 11.1. The molecule has 0 aromatic carbocycles. The smallest absolute Gasteiger partial charge is 0.246 e. The van der Waals surface area contributed by atoms with Crippen LogP contribution in [0.2, 0.25) is 0 Å². The van der Waals surface area contributed by atoms with Crippen LogP contribution in [0.3, 0.4) is 0 Å². The van der Waals surface area contributed by atoms with E-state index in [1.807, 2.05) is 0 Å². The molecule has 0 radical (unpaired) electrons. The van der Waals surface area contributed by atoms with Gasteiger partial charge in [0.1, 0.15) is 0 Å². The van der Waals surface area contributed by atoms with Gasteiger partial charge in [-0.05, 0) is 27.7 Å². The Hall–Kier alpha value is -0.830. The molecule has 0 aromatic rings. The number of carbonyl (C=O) groups excluding carboxylic acids is 1. The summed E-state index contributed by atoms with van der Waals surface area (Å²) >= 11 is 0. The first-order chi connectivity index (χ1) is 5.37.